The van der Waals surface area contributed by atoms with Crippen molar-refractivity contribution in [1.82, 2.24) is 10.3 Å². The Labute approximate surface area is 210 Å². The van der Waals surface area contributed by atoms with Crippen LogP contribution in [0.5, 0.6) is 5.88 Å². The van der Waals surface area contributed by atoms with E-state index in [2.05, 4.69) is 36.5 Å². The average Bonchev–Trinajstić information content (AvgIpc) is 3.18. The normalized spacial score (nSPS) is 12.0. The Morgan fingerprint density at radius 2 is 1.71 bits per heavy atom. The third kappa shape index (κ3) is 5.80. The number of nitrogens with one attached hydrogen (secondary N) is 2. The number of carbonyl (C=O) groups excluding carboxylic acids is 2. The van der Waals surface area contributed by atoms with Gasteiger partial charge in [-0.3, -0.25) is 9.59 Å². The molecule has 0 radical (unpaired) electrons. The molecule has 4 aromatic rings. The van der Waals surface area contributed by atoms with Crippen LogP contribution in [0.1, 0.15) is 21.5 Å². The third-order valence-corrected chi connectivity index (χ3v) is 5.69. The molecule has 4 rings (SSSR count). The summed E-state index contributed by atoms with van der Waals surface area (Å²) in [5.41, 5.74) is 2.96. The number of aromatic nitrogens is 1. The summed E-state index contributed by atoms with van der Waals surface area (Å²) in [6.45, 7) is 1.90. The van der Waals surface area contributed by atoms with Crippen molar-refractivity contribution >= 4 is 50.4 Å². The first-order chi connectivity index (χ1) is 16.9. The van der Waals surface area contributed by atoms with E-state index in [1.807, 2.05) is 49.4 Å². The molecule has 8 heteroatoms. The Morgan fingerprint density at radius 3 is 2.43 bits per heavy atom. The van der Waals surface area contributed by atoms with Crippen molar-refractivity contribution in [1.29, 1.82) is 0 Å². The molecule has 0 spiro atoms. The number of H-pyrrole nitrogens is 1. The van der Waals surface area contributed by atoms with Crippen molar-refractivity contribution in [2.45, 2.75) is 6.92 Å². The number of azo groups is 1. The van der Waals surface area contributed by atoms with Crippen LogP contribution >= 0.6 is 15.9 Å². The lowest BCUT2D eigenvalue weighted by Crippen LogP contribution is -2.26. The van der Waals surface area contributed by atoms with Gasteiger partial charge in [0.1, 0.15) is 5.70 Å². The van der Waals surface area contributed by atoms with Crippen LogP contribution in [-0.4, -0.2) is 21.9 Å². The van der Waals surface area contributed by atoms with Gasteiger partial charge in [-0.15, -0.1) is 10.2 Å². The molecule has 1 aromatic heterocycles. The maximum atomic E-state index is 13.0. The second-order valence-corrected chi connectivity index (χ2v) is 8.52. The Balaban J connectivity index is 1.64. The minimum absolute atomic E-state index is 0.0634. The first-order valence-corrected chi connectivity index (χ1v) is 11.5. The van der Waals surface area contributed by atoms with Crippen LogP contribution in [0.25, 0.3) is 17.0 Å². The van der Waals surface area contributed by atoms with Crippen molar-refractivity contribution in [3.63, 3.8) is 0 Å². The number of rotatable bonds is 6. The monoisotopic (exact) mass is 528 g/mol. The average molecular weight is 529 g/mol. The summed E-state index contributed by atoms with van der Waals surface area (Å²) in [5, 5.41) is 21.3. The number of amides is 2. The van der Waals surface area contributed by atoms with E-state index in [1.165, 1.54) is 6.08 Å². The highest BCUT2D eigenvalue weighted by Crippen LogP contribution is 2.39. The van der Waals surface area contributed by atoms with E-state index in [4.69, 9.17) is 0 Å². The predicted molar refractivity (Wildman–Crippen MR) is 139 cm³/mol. The zero-order valence-corrected chi connectivity index (χ0v) is 20.3. The van der Waals surface area contributed by atoms with E-state index in [-0.39, 0.29) is 17.3 Å². The van der Waals surface area contributed by atoms with E-state index >= 15 is 0 Å². The molecule has 0 aliphatic carbocycles. The molecule has 1 heterocycles. The number of nitrogens with zero attached hydrogens (tertiary/aromatic N) is 2. The van der Waals surface area contributed by atoms with E-state index in [9.17, 15) is 14.7 Å². The smallest absolute Gasteiger partial charge is 0.311 e. The number of benzene rings is 3. The zero-order chi connectivity index (χ0) is 24.8. The maximum absolute atomic E-state index is 13.0. The second kappa shape index (κ2) is 10.8. The third-order valence-electron chi connectivity index (χ3n) is 5.06. The summed E-state index contributed by atoms with van der Waals surface area (Å²) < 4.78 is 0.748. The molecule has 35 heavy (non-hydrogen) atoms. The van der Waals surface area contributed by atoms with Gasteiger partial charge in [0.25, 0.3) is 5.91 Å². The first-order valence-electron chi connectivity index (χ1n) is 10.7. The quantitative estimate of drug-likeness (QED) is 0.149. The van der Waals surface area contributed by atoms with Crippen molar-refractivity contribution in [2.75, 3.05) is 0 Å². The van der Waals surface area contributed by atoms with Crippen molar-refractivity contribution in [2.24, 2.45) is 10.2 Å². The molecule has 0 saturated heterocycles. The molecule has 0 aliphatic heterocycles. The Morgan fingerprint density at radius 1 is 1.03 bits per heavy atom. The number of aromatic amines is 1. The van der Waals surface area contributed by atoms with Crippen LogP contribution < -0.4 is 5.32 Å². The lowest BCUT2D eigenvalue weighted by atomic mass is 10.1. The molecule has 3 aromatic carbocycles. The number of fused-ring (bicyclic) bond motifs is 1. The van der Waals surface area contributed by atoms with Gasteiger partial charge in [0, 0.05) is 15.4 Å². The van der Waals surface area contributed by atoms with Gasteiger partial charge in [-0.1, -0.05) is 60.7 Å². The Hall–Kier alpha value is -4.30. The van der Waals surface area contributed by atoms with Crippen molar-refractivity contribution in [3.8, 4) is 5.88 Å². The molecular formula is C27H21BrN4O3. The lowest BCUT2D eigenvalue weighted by Gasteiger charge is -2.06. The van der Waals surface area contributed by atoms with Gasteiger partial charge >= 0.3 is 5.91 Å². The van der Waals surface area contributed by atoms with E-state index in [0.717, 1.165) is 15.6 Å². The molecule has 174 valence electrons. The van der Waals surface area contributed by atoms with Gasteiger partial charge in [0.2, 0.25) is 5.88 Å². The van der Waals surface area contributed by atoms with Crippen LogP contribution in [0, 0.1) is 6.92 Å². The highest BCUT2D eigenvalue weighted by Gasteiger charge is 2.16. The number of hydrogen-bond donors (Lipinski definition) is 3. The van der Waals surface area contributed by atoms with Gasteiger partial charge in [-0.05, 0) is 64.3 Å². The van der Waals surface area contributed by atoms with Gasteiger partial charge < -0.3 is 15.4 Å². The van der Waals surface area contributed by atoms with E-state index in [0.29, 0.717) is 16.5 Å². The van der Waals surface area contributed by atoms with Crippen LogP contribution in [0.2, 0.25) is 0 Å². The van der Waals surface area contributed by atoms with Gasteiger partial charge in [0.05, 0.1) is 5.52 Å². The van der Waals surface area contributed by atoms with E-state index in [1.54, 1.807) is 42.5 Å². The lowest BCUT2D eigenvalue weighted by molar-refractivity contribution is -0.115. The largest absolute Gasteiger partial charge is 0.493 e. The number of aryl methyl sites for hydroxylation is 1. The van der Waals surface area contributed by atoms with Crippen LogP contribution in [0.15, 0.2) is 105 Å². The minimum Gasteiger partial charge on any atom is -0.493 e. The second-order valence-electron chi connectivity index (χ2n) is 7.67. The molecule has 0 bridgehead atoms. The topological polar surface area (TPSA) is 107 Å². The van der Waals surface area contributed by atoms with Crippen molar-refractivity contribution < 1.29 is 14.7 Å². The van der Waals surface area contributed by atoms with Gasteiger partial charge in [0.15, 0.2) is 5.69 Å². The molecule has 3 N–H and O–H groups in total. The molecule has 0 aliphatic rings. The number of aromatic hydroxyl groups is 1. The van der Waals surface area contributed by atoms with E-state index < -0.39 is 11.8 Å². The zero-order valence-electron chi connectivity index (χ0n) is 18.7. The first kappa shape index (κ1) is 23.8. The number of hydrogen-bond acceptors (Lipinski definition) is 4. The Bertz CT molecular complexity index is 1470. The molecule has 7 nitrogen and oxygen atoms in total. The van der Waals surface area contributed by atoms with Gasteiger partial charge in [-0.2, -0.15) is 0 Å². The summed E-state index contributed by atoms with van der Waals surface area (Å²) in [7, 11) is 0. The van der Waals surface area contributed by atoms with Crippen LogP contribution in [0.3, 0.4) is 0 Å². The summed E-state index contributed by atoms with van der Waals surface area (Å²) in [6.07, 6.45) is 4.91. The molecule has 2 amide bonds. The van der Waals surface area contributed by atoms with Crippen LogP contribution in [0.4, 0.5) is 5.69 Å². The SMILES string of the molecule is Cc1cc(Br)c2[nH]c(O)c(N=NC(=O)/C(=C/C=C/c3ccccc3)NC(=O)c3ccccc3)c2c1. The van der Waals surface area contributed by atoms with Gasteiger partial charge in [-0.25, -0.2) is 0 Å². The molecular weight excluding hydrogens is 508 g/mol. The van der Waals surface area contributed by atoms with Crippen LogP contribution in [-0.2, 0) is 4.79 Å². The fourth-order valence-corrected chi connectivity index (χ4v) is 4.06. The predicted octanol–water partition coefficient (Wildman–Crippen LogP) is 6.58. The highest BCUT2D eigenvalue weighted by molar-refractivity contribution is 9.10. The number of carbonyl (C=O) groups is 2. The molecule has 0 saturated carbocycles. The number of halogens is 1. The highest BCUT2D eigenvalue weighted by atomic mass is 79.9. The fourth-order valence-electron chi connectivity index (χ4n) is 3.38. The summed E-state index contributed by atoms with van der Waals surface area (Å²) in [4.78, 5) is 28.5. The number of allylic oxidation sites excluding steroid dienone is 2. The molecule has 0 fully saturated rings. The standard InChI is InChI=1S/C27H21BrN4O3/c1-17-15-20-23(21(28)16-17)30-27(35)24(20)31-32-26(34)22(14-8-11-18-9-4-2-5-10-18)29-25(33)19-12-6-3-7-13-19/h2-16,30,35H,1H3,(H,29,33)/b11-8+,22-14-,32-31?. The minimum atomic E-state index is -0.771. The maximum Gasteiger partial charge on any atom is 0.311 e. The Kier molecular flexibility index (Phi) is 7.32. The molecule has 0 unspecified atom stereocenters. The fraction of sp³-hybridized carbons (Fsp3) is 0.0370. The summed E-state index contributed by atoms with van der Waals surface area (Å²) in [5.74, 6) is -1.44. The summed E-state index contributed by atoms with van der Waals surface area (Å²) in [6, 6.07) is 21.8. The van der Waals surface area contributed by atoms with Crippen molar-refractivity contribution in [3.05, 3.63) is 112 Å². The molecule has 0 atom stereocenters. The summed E-state index contributed by atoms with van der Waals surface area (Å²) >= 11 is 3.45.